The zero-order valence-corrected chi connectivity index (χ0v) is 15.2. The van der Waals surface area contributed by atoms with Crippen molar-refractivity contribution in [3.05, 3.63) is 28.3 Å². The average Bonchev–Trinajstić information content (AvgIpc) is 2.53. The quantitative estimate of drug-likeness (QED) is 0.612. The lowest BCUT2D eigenvalue weighted by molar-refractivity contribution is -0.384. The first-order chi connectivity index (χ1) is 11.7. The summed E-state index contributed by atoms with van der Waals surface area (Å²) in [5, 5.41) is 11.3. The second kappa shape index (κ2) is 7.58. The number of amides is 1. The largest absolute Gasteiger partial charge is 0.494 e. The highest BCUT2D eigenvalue weighted by molar-refractivity contribution is 5.70. The Morgan fingerprint density at radius 2 is 1.88 bits per heavy atom. The molecular weight excluding hydrogens is 326 g/mol. The van der Waals surface area contributed by atoms with E-state index in [0.717, 1.165) is 0 Å². The summed E-state index contributed by atoms with van der Waals surface area (Å²) in [6.07, 6.45) is -0.357. The molecule has 1 fully saturated rings. The first-order valence-electron chi connectivity index (χ1n) is 8.35. The summed E-state index contributed by atoms with van der Waals surface area (Å²) >= 11 is 0. The van der Waals surface area contributed by atoms with Crippen LogP contribution in [-0.4, -0.2) is 54.3 Å². The number of benzene rings is 1. The number of nitro benzene ring substituents is 1. The number of carbonyl (C=O) groups is 1. The molecule has 0 aliphatic carbocycles. The fourth-order valence-corrected chi connectivity index (χ4v) is 2.62. The third-order valence-corrected chi connectivity index (χ3v) is 3.73. The maximum atomic E-state index is 12.1. The fraction of sp³-hybridized carbons (Fsp3) is 0.588. The number of piperazine rings is 1. The van der Waals surface area contributed by atoms with E-state index in [9.17, 15) is 14.9 Å². The first-order valence-corrected chi connectivity index (χ1v) is 8.35. The first kappa shape index (κ1) is 18.8. The van der Waals surface area contributed by atoms with Gasteiger partial charge in [-0.2, -0.15) is 0 Å². The minimum absolute atomic E-state index is 0.0363. The number of ether oxygens (including phenoxy) is 2. The van der Waals surface area contributed by atoms with Crippen molar-refractivity contribution >= 4 is 17.5 Å². The van der Waals surface area contributed by atoms with Crippen LogP contribution >= 0.6 is 0 Å². The van der Waals surface area contributed by atoms with Crippen LogP contribution in [0.1, 0.15) is 27.7 Å². The molecule has 8 heteroatoms. The Morgan fingerprint density at radius 1 is 1.24 bits per heavy atom. The smallest absolute Gasteiger partial charge is 0.410 e. The van der Waals surface area contributed by atoms with Gasteiger partial charge in [0.1, 0.15) is 17.0 Å². The zero-order chi connectivity index (χ0) is 18.6. The minimum atomic E-state index is -0.543. The van der Waals surface area contributed by atoms with Crippen LogP contribution in [-0.2, 0) is 4.74 Å². The lowest BCUT2D eigenvalue weighted by atomic mass is 10.2. The summed E-state index contributed by atoms with van der Waals surface area (Å²) < 4.78 is 10.8. The van der Waals surface area contributed by atoms with Gasteiger partial charge in [0, 0.05) is 38.3 Å². The standard InChI is InChI=1S/C17H25N3O5/c1-5-24-13-6-7-14(20(22)23)15(12-13)18-8-10-19(11-9-18)16(21)25-17(2,3)4/h6-7,12H,5,8-11H2,1-4H3. The zero-order valence-electron chi connectivity index (χ0n) is 15.2. The van der Waals surface area contributed by atoms with E-state index in [-0.39, 0.29) is 11.8 Å². The van der Waals surface area contributed by atoms with E-state index in [1.54, 1.807) is 17.0 Å². The van der Waals surface area contributed by atoms with Gasteiger partial charge in [-0.05, 0) is 33.8 Å². The van der Waals surface area contributed by atoms with Crippen LogP contribution in [0.5, 0.6) is 5.75 Å². The molecule has 0 bridgehead atoms. The number of rotatable bonds is 4. The highest BCUT2D eigenvalue weighted by Gasteiger charge is 2.28. The second-order valence-corrected chi connectivity index (χ2v) is 6.80. The Labute approximate surface area is 147 Å². The van der Waals surface area contributed by atoms with E-state index in [2.05, 4.69) is 0 Å². The molecule has 1 aliphatic heterocycles. The Balaban J connectivity index is 2.10. The van der Waals surface area contributed by atoms with Crippen LogP contribution in [0.4, 0.5) is 16.2 Å². The van der Waals surface area contributed by atoms with Gasteiger partial charge in [-0.25, -0.2) is 4.79 Å². The van der Waals surface area contributed by atoms with Crippen LogP contribution in [0.3, 0.4) is 0 Å². The molecule has 1 amide bonds. The summed E-state index contributed by atoms with van der Waals surface area (Å²) in [6, 6.07) is 4.74. The van der Waals surface area contributed by atoms with Gasteiger partial charge < -0.3 is 19.3 Å². The number of anilines is 1. The predicted molar refractivity (Wildman–Crippen MR) is 94.3 cm³/mol. The Morgan fingerprint density at radius 3 is 2.40 bits per heavy atom. The molecule has 0 spiro atoms. The minimum Gasteiger partial charge on any atom is -0.494 e. The summed E-state index contributed by atoms with van der Waals surface area (Å²) in [7, 11) is 0. The second-order valence-electron chi connectivity index (χ2n) is 6.80. The lowest BCUT2D eigenvalue weighted by Gasteiger charge is -2.36. The summed E-state index contributed by atoms with van der Waals surface area (Å²) in [4.78, 5) is 26.6. The van der Waals surface area contributed by atoms with E-state index < -0.39 is 10.5 Å². The van der Waals surface area contributed by atoms with Crippen LogP contribution < -0.4 is 9.64 Å². The molecule has 0 aromatic heterocycles. The predicted octanol–water partition coefficient (Wildman–Crippen LogP) is 3.05. The molecule has 1 aliphatic rings. The molecule has 0 saturated carbocycles. The van der Waals surface area contributed by atoms with Crippen LogP contribution in [0.25, 0.3) is 0 Å². The Bertz CT molecular complexity index is 634. The van der Waals surface area contributed by atoms with Crippen molar-refractivity contribution in [1.29, 1.82) is 0 Å². The van der Waals surface area contributed by atoms with Crippen LogP contribution in [0.15, 0.2) is 18.2 Å². The van der Waals surface area contributed by atoms with Crippen molar-refractivity contribution in [2.24, 2.45) is 0 Å². The number of nitro groups is 1. The molecule has 25 heavy (non-hydrogen) atoms. The highest BCUT2D eigenvalue weighted by atomic mass is 16.6. The van der Waals surface area contributed by atoms with Gasteiger partial charge >= 0.3 is 6.09 Å². The van der Waals surface area contributed by atoms with Gasteiger partial charge in [-0.3, -0.25) is 10.1 Å². The highest BCUT2D eigenvalue weighted by Crippen LogP contribution is 2.33. The lowest BCUT2D eigenvalue weighted by Crippen LogP contribution is -2.50. The van der Waals surface area contributed by atoms with Gasteiger partial charge in [-0.15, -0.1) is 0 Å². The maximum absolute atomic E-state index is 12.1. The number of hydrogen-bond donors (Lipinski definition) is 0. The molecule has 0 unspecified atom stereocenters. The van der Waals surface area contributed by atoms with Crippen molar-refractivity contribution in [1.82, 2.24) is 4.90 Å². The van der Waals surface area contributed by atoms with E-state index in [4.69, 9.17) is 9.47 Å². The third kappa shape index (κ3) is 4.98. The molecule has 1 aromatic rings. The maximum Gasteiger partial charge on any atom is 0.410 e. The van der Waals surface area contributed by atoms with Crippen molar-refractivity contribution in [3.8, 4) is 5.75 Å². The monoisotopic (exact) mass is 351 g/mol. The van der Waals surface area contributed by atoms with Crippen molar-refractivity contribution in [3.63, 3.8) is 0 Å². The van der Waals surface area contributed by atoms with Crippen molar-refractivity contribution in [2.75, 3.05) is 37.7 Å². The molecule has 138 valence electrons. The molecule has 0 radical (unpaired) electrons. The summed E-state index contributed by atoms with van der Waals surface area (Å²) in [5.41, 5.74) is 0.00713. The van der Waals surface area contributed by atoms with E-state index in [0.29, 0.717) is 44.2 Å². The van der Waals surface area contributed by atoms with Gasteiger partial charge in [0.25, 0.3) is 5.69 Å². The van der Waals surface area contributed by atoms with Gasteiger partial charge in [0.15, 0.2) is 0 Å². The molecule has 0 atom stereocenters. The van der Waals surface area contributed by atoms with Crippen LogP contribution in [0.2, 0.25) is 0 Å². The molecular formula is C17H25N3O5. The SMILES string of the molecule is CCOc1ccc([N+](=O)[O-])c(N2CCN(C(=O)OC(C)(C)C)CC2)c1. The van der Waals surface area contributed by atoms with E-state index in [1.165, 1.54) is 6.07 Å². The number of carbonyl (C=O) groups excluding carboxylic acids is 1. The van der Waals surface area contributed by atoms with Crippen LogP contribution in [0, 0.1) is 10.1 Å². The molecule has 2 rings (SSSR count). The molecule has 1 saturated heterocycles. The Hall–Kier alpha value is -2.51. The molecule has 8 nitrogen and oxygen atoms in total. The van der Waals surface area contributed by atoms with Crippen molar-refractivity contribution < 1.29 is 19.2 Å². The normalized spacial score (nSPS) is 15.0. The number of hydrogen-bond acceptors (Lipinski definition) is 6. The topological polar surface area (TPSA) is 85.2 Å². The van der Waals surface area contributed by atoms with E-state index in [1.807, 2.05) is 32.6 Å². The molecule has 1 aromatic carbocycles. The average molecular weight is 351 g/mol. The van der Waals surface area contributed by atoms with Crippen molar-refractivity contribution in [2.45, 2.75) is 33.3 Å². The van der Waals surface area contributed by atoms with Gasteiger partial charge in [-0.1, -0.05) is 0 Å². The van der Waals surface area contributed by atoms with E-state index >= 15 is 0 Å². The van der Waals surface area contributed by atoms with Gasteiger partial charge in [0.2, 0.25) is 0 Å². The number of nitrogens with zero attached hydrogens (tertiary/aromatic N) is 3. The van der Waals surface area contributed by atoms with Gasteiger partial charge in [0.05, 0.1) is 11.5 Å². The molecule has 0 N–H and O–H groups in total. The molecule has 1 heterocycles. The summed E-state index contributed by atoms with van der Waals surface area (Å²) in [6.45, 7) is 9.71. The Kier molecular flexibility index (Phi) is 5.71. The fourth-order valence-electron chi connectivity index (χ4n) is 2.62. The third-order valence-electron chi connectivity index (χ3n) is 3.73. The summed E-state index contributed by atoms with van der Waals surface area (Å²) in [5.74, 6) is 0.595.